The number of imidazole rings is 1. The molecule has 0 aliphatic carbocycles. The lowest BCUT2D eigenvalue weighted by atomic mass is 10.0. The second-order valence-electron chi connectivity index (χ2n) is 7.07. The van der Waals surface area contributed by atoms with Crippen molar-refractivity contribution in [1.82, 2.24) is 25.1 Å². The fraction of sp³-hybridized carbons (Fsp3) is 0.400. The Bertz CT molecular complexity index is 956. The number of aryl methyl sites for hydroxylation is 1. The number of aromatic nitrogens is 4. The van der Waals surface area contributed by atoms with Crippen molar-refractivity contribution in [3.8, 4) is 0 Å². The summed E-state index contributed by atoms with van der Waals surface area (Å²) < 4.78 is 1.33. The minimum absolute atomic E-state index is 0.204. The molecule has 0 saturated heterocycles. The quantitative estimate of drug-likeness (QED) is 0.671. The zero-order chi connectivity index (χ0) is 19.4. The van der Waals surface area contributed by atoms with E-state index >= 15 is 0 Å². The molecular weight excluding hydrogens is 342 g/mol. The van der Waals surface area contributed by atoms with Crippen LogP contribution in [0.3, 0.4) is 0 Å². The summed E-state index contributed by atoms with van der Waals surface area (Å²) in [4.78, 5) is 32.5. The number of aromatic amines is 1. The highest BCUT2D eigenvalue weighted by Gasteiger charge is 2.21. The molecule has 0 fully saturated rings. The van der Waals surface area contributed by atoms with Crippen LogP contribution in [0, 0.1) is 5.92 Å². The maximum absolute atomic E-state index is 12.8. The Morgan fingerprint density at radius 2 is 2.00 bits per heavy atom. The third-order valence-corrected chi connectivity index (χ3v) is 4.28. The molecule has 0 spiro atoms. The lowest BCUT2D eigenvalue weighted by Crippen LogP contribution is -2.33. The SMILES string of the molecule is CCCn1nc(C(=O)NC(CC(C)C)c2nc3ccccc3[nH]2)ccc1=O. The third-order valence-electron chi connectivity index (χ3n) is 4.28. The van der Waals surface area contributed by atoms with Crippen LogP contribution < -0.4 is 10.9 Å². The van der Waals surface area contributed by atoms with E-state index in [1.54, 1.807) is 0 Å². The molecule has 1 unspecified atom stereocenters. The van der Waals surface area contributed by atoms with E-state index < -0.39 is 0 Å². The maximum Gasteiger partial charge on any atom is 0.272 e. The summed E-state index contributed by atoms with van der Waals surface area (Å²) in [5, 5.41) is 7.21. The first-order valence-corrected chi connectivity index (χ1v) is 9.31. The van der Waals surface area contributed by atoms with E-state index in [0.717, 1.165) is 29.7 Å². The predicted molar refractivity (Wildman–Crippen MR) is 105 cm³/mol. The fourth-order valence-electron chi connectivity index (χ4n) is 3.02. The fourth-order valence-corrected chi connectivity index (χ4v) is 3.02. The van der Waals surface area contributed by atoms with Crippen LogP contribution in [0.25, 0.3) is 11.0 Å². The molecule has 0 aliphatic rings. The van der Waals surface area contributed by atoms with Gasteiger partial charge in [0.15, 0.2) is 0 Å². The number of fused-ring (bicyclic) bond motifs is 1. The van der Waals surface area contributed by atoms with Gasteiger partial charge in [-0.3, -0.25) is 9.59 Å². The molecule has 2 aromatic heterocycles. The smallest absolute Gasteiger partial charge is 0.272 e. The largest absolute Gasteiger partial charge is 0.341 e. The van der Waals surface area contributed by atoms with Gasteiger partial charge in [-0.25, -0.2) is 9.67 Å². The monoisotopic (exact) mass is 367 g/mol. The van der Waals surface area contributed by atoms with Gasteiger partial charge in [0.25, 0.3) is 11.5 Å². The number of hydrogen-bond donors (Lipinski definition) is 2. The van der Waals surface area contributed by atoms with E-state index in [0.29, 0.717) is 12.5 Å². The number of benzene rings is 1. The van der Waals surface area contributed by atoms with Crippen molar-refractivity contribution in [3.63, 3.8) is 0 Å². The first-order chi connectivity index (χ1) is 13.0. The molecule has 0 radical (unpaired) electrons. The van der Waals surface area contributed by atoms with Gasteiger partial charge in [0.1, 0.15) is 11.5 Å². The number of carbonyl (C=O) groups excluding carboxylic acids is 1. The summed E-state index contributed by atoms with van der Waals surface area (Å²) in [6, 6.07) is 10.4. The van der Waals surface area contributed by atoms with Gasteiger partial charge < -0.3 is 10.3 Å². The minimum atomic E-state index is -0.314. The third kappa shape index (κ3) is 4.42. The molecule has 2 heterocycles. The standard InChI is InChI=1S/C20H25N5O2/c1-4-11-25-18(26)10-9-16(24-25)20(27)23-17(12-13(2)3)19-21-14-7-5-6-8-15(14)22-19/h5-10,13,17H,4,11-12H2,1-3H3,(H,21,22)(H,23,27). The number of H-pyrrole nitrogens is 1. The van der Waals surface area contributed by atoms with Crippen LogP contribution >= 0.6 is 0 Å². The summed E-state index contributed by atoms with van der Waals surface area (Å²) in [6.45, 7) is 6.64. The molecule has 27 heavy (non-hydrogen) atoms. The second kappa shape index (κ2) is 8.16. The number of amides is 1. The van der Waals surface area contributed by atoms with E-state index in [1.807, 2.05) is 31.2 Å². The molecule has 7 nitrogen and oxygen atoms in total. The Morgan fingerprint density at radius 1 is 1.22 bits per heavy atom. The number of nitrogens with zero attached hydrogens (tertiary/aromatic N) is 3. The van der Waals surface area contributed by atoms with Crippen LogP contribution in [-0.2, 0) is 6.54 Å². The molecule has 7 heteroatoms. The molecule has 0 aliphatic heterocycles. The van der Waals surface area contributed by atoms with Crippen molar-refractivity contribution in [3.05, 3.63) is 58.3 Å². The van der Waals surface area contributed by atoms with Crippen LogP contribution in [0.2, 0.25) is 0 Å². The first-order valence-electron chi connectivity index (χ1n) is 9.31. The van der Waals surface area contributed by atoms with Crippen LogP contribution in [0.1, 0.15) is 56.0 Å². The van der Waals surface area contributed by atoms with Gasteiger partial charge in [0, 0.05) is 12.6 Å². The van der Waals surface area contributed by atoms with Crippen molar-refractivity contribution in [2.45, 2.75) is 46.2 Å². The van der Waals surface area contributed by atoms with Gasteiger partial charge in [-0.05, 0) is 37.0 Å². The van der Waals surface area contributed by atoms with Gasteiger partial charge in [-0.2, -0.15) is 5.10 Å². The topological polar surface area (TPSA) is 92.7 Å². The van der Waals surface area contributed by atoms with Crippen LogP contribution in [0.4, 0.5) is 0 Å². The highest BCUT2D eigenvalue weighted by Crippen LogP contribution is 2.22. The van der Waals surface area contributed by atoms with Crippen LogP contribution in [0.15, 0.2) is 41.2 Å². The number of nitrogens with one attached hydrogen (secondary N) is 2. The summed E-state index contributed by atoms with van der Waals surface area (Å²) in [5.41, 5.74) is 1.83. The van der Waals surface area contributed by atoms with Crippen molar-refractivity contribution in [2.75, 3.05) is 0 Å². The maximum atomic E-state index is 12.8. The predicted octanol–water partition coefficient (Wildman–Crippen LogP) is 3.05. The van der Waals surface area contributed by atoms with E-state index in [9.17, 15) is 9.59 Å². The molecular formula is C20H25N5O2. The zero-order valence-electron chi connectivity index (χ0n) is 15.9. The number of carbonyl (C=O) groups is 1. The van der Waals surface area contributed by atoms with E-state index in [1.165, 1.54) is 16.8 Å². The molecule has 2 N–H and O–H groups in total. The average molecular weight is 367 g/mol. The van der Waals surface area contributed by atoms with E-state index in [4.69, 9.17) is 0 Å². The Morgan fingerprint density at radius 3 is 2.70 bits per heavy atom. The Kier molecular flexibility index (Phi) is 5.69. The van der Waals surface area contributed by atoms with Gasteiger partial charge in [-0.1, -0.05) is 32.9 Å². The van der Waals surface area contributed by atoms with Gasteiger partial charge in [-0.15, -0.1) is 0 Å². The molecule has 1 aromatic carbocycles. The Labute approximate surface area is 157 Å². The molecule has 1 amide bonds. The van der Waals surface area contributed by atoms with Crippen LogP contribution in [0.5, 0.6) is 0 Å². The lowest BCUT2D eigenvalue weighted by Gasteiger charge is -2.18. The highest BCUT2D eigenvalue weighted by molar-refractivity contribution is 5.92. The summed E-state index contributed by atoms with van der Waals surface area (Å²) in [5.74, 6) is 0.775. The highest BCUT2D eigenvalue weighted by atomic mass is 16.2. The van der Waals surface area contributed by atoms with Crippen molar-refractivity contribution in [2.24, 2.45) is 5.92 Å². The van der Waals surface area contributed by atoms with Crippen molar-refractivity contribution in [1.29, 1.82) is 0 Å². The molecule has 142 valence electrons. The first kappa shape index (κ1) is 18.8. The van der Waals surface area contributed by atoms with Gasteiger partial charge in [0.2, 0.25) is 0 Å². The van der Waals surface area contributed by atoms with Crippen molar-refractivity contribution < 1.29 is 4.79 Å². The number of para-hydroxylation sites is 2. The molecule has 3 rings (SSSR count). The van der Waals surface area contributed by atoms with Gasteiger partial charge >= 0.3 is 0 Å². The van der Waals surface area contributed by atoms with Gasteiger partial charge in [0.05, 0.1) is 17.1 Å². The molecule has 1 atom stereocenters. The Balaban J connectivity index is 1.87. The minimum Gasteiger partial charge on any atom is -0.341 e. The number of rotatable bonds is 7. The molecule has 0 saturated carbocycles. The van der Waals surface area contributed by atoms with E-state index in [-0.39, 0.29) is 23.2 Å². The van der Waals surface area contributed by atoms with E-state index in [2.05, 4.69) is 34.2 Å². The number of hydrogen-bond acceptors (Lipinski definition) is 4. The Hall–Kier alpha value is -2.96. The molecule has 0 bridgehead atoms. The molecule has 3 aromatic rings. The lowest BCUT2D eigenvalue weighted by molar-refractivity contribution is 0.0922. The normalized spacial score (nSPS) is 12.4. The van der Waals surface area contributed by atoms with Crippen LogP contribution in [-0.4, -0.2) is 25.7 Å². The summed E-state index contributed by atoms with van der Waals surface area (Å²) in [6.07, 6.45) is 1.51. The average Bonchev–Trinajstić information content (AvgIpc) is 3.07. The van der Waals surface area contributed by atoms with Crippen molar-refractivity contribution >= 4 is 16.9 Å². The summed E-state index contributed by atoms with van der Waals surface area (Å²) in [7, 11) is 0. The summed E-state index contributed by atoms with van der Waals surface area (Å²) >= 11 is 0. The second-order valence-corrected chi connectivity index (χ2v) is 7.07. The zero-order valence-corrected chi connectivity index (χ0v) is 15.9.